The first-order valence-electron chi connectivity index (χ1n) is 5.20. The third kappa shape index (κ3) is 2.75. The predicted octanol–water partition coefficient (Wildman–Crippen LogP) is 4.76. The quantitative estimate of drug-likeness (QED) is 0.540. The van der Waals surface area contributed by atoms with Crippen molar-refractivity contribution in [1.29, 1.82) is 0 Å². The van der Waals surface area contributed by atoms with Crippen molar-refractivity contribution in [3.63, 3.8) is 0 Å². The van der Waals surface area contributed by atoms with E-state index in [4.69, 9.17) is 23.2 Å². The maximum absolute atomic E-state index is 13.1. The molecule has 94 valence electrons. The van der Waals surface area contributed by atoms with Gasteiger partial charge >= 0.3 is 0 Å². The second-order valence-electron chi connectivity index (χ2n) is 3.58. The first-order chi connectivity index (χ1) is 8.52. The van der Waals surface area contributed by atoms with Crippen LogP contribution >= 0.6 is 45.8 Å². The molecule has 0 bridgehead atoms. The third-order valence-corrected chi connectivity index (χ3v) is 4.41. The van der Waals surface area contributed by atoms with Crippen molar-refractivity contribution in [2.24, 2.45) is 0 Å². The van der Waals surface area contributed by atoms with Gasteiger partial charge in [0, 0.05) is 5.56 Å². The smallest absolute Gasteiger partial charge is 0.161 e. The Balaban J connectivity index is 2.57. The molecule has 1 aromatic carbocycles. The standard InChI is InChI=1S/C12H8Cl2FIN2/c1-2-9-10(16)11(14)18-12(17-9)6-3-4-8(15)7(13)5-6/h3-5H,2H2,1H3. The van der Waals surface area contributed by atoms with Crippen molar-refractivity contribution in [1.82, 2.24) is 9.97 Å². The number of hydrogen-bond donors (Lipinski definition) is 0. The van der Waals surface area contributed by atoms with Crippen LogP contribution in [-0.2, 0) is 6.42 Å². The summed E-state index contributed by atoms with van der Waals surface area (Å²) >= 11 is 13.9. The summed E-state index contributed by atoms with van der Waals surface area (Å²) in [7, 11) is 0. The molecule has 2 nitrogen and oxygen atoms in total. The molecule has 0 aliphatic carbocycles. The first-order valence-corrected chi connectivity index (χ1v) is 7.03. The summed E-state index contributed by atoms with van der Waals surface area (Å²) in [5.41, 5.74) is 1.51. The fourth-order valence-electron chi connectivity index (χ4n) is 1.46. The van der Waals surface area contributed by atoms with Crippen LogP contribution in [-0.4, -0.2) is 9.97 Å². The van der Waals surface area contributed by atoms with Crippen LogP contribution < -0.4 is 0 Å². The molecule has 0 saturated heterocycles. The van der Waals surface area contributed by atoms with Gasteiger partial charge in [0.1, 0.15) is 11.0 Å². The lowest BCUT2D eigenvalue weighted by atomic mass is 10.2. The van der Waals surface area contributed by atoms with E-state index in [-0.39, 0.29) is 5.02 Å². The molecular weight excluding hydrogens is 389 g/mol. The summed E-state index contributed by atoms with van der Waals surface area (Å²) in [5.74, 6) is -0.00749. The summed E-state index contributed by atoms with van der Waals surface area (Å²) in [6, 6.07) is 4.37. The Morgan fingerprint density at radius 3 is 2.61 bits per heavy atom. The summed E-state index contributed by atoms with van der Waals surface area (Å²) in [6.45, 7) is 1.99. The normalized spacial score (nSPS) is 10.7. The van der Waals surface area contributed by atoms with Crippen LogP contribution in [0.15, 0.2) is 18.2 Å². The predicted molar refractivity (Wildman–Crippen MR) is 79.5 cm³/mol. The average Bonchev–Trinajstić information content (AvgIpc) is 2.36. The topological polar surface area (TPSA) is 25.8 Å². The Kier molecular flexibility index (Phi) is 4.40. The maximum Gasteiger partial charge on any atom is 0.161 e. The molecule has 0 amide bonds. The summed E-state index contributed by atoms with van der Waals surface area (Å²) in [5, 5.41) is 0.446. The van der Waals surface area contributed by atoms with E-state index in [1.54, 1.807) is 6.07 Å². The molecule has 6 heteroatoms. The minimum atomic E-state index is -0.465. The van der Waals surface area contributed by atoms with E-state index in [0.717, 1.165) is 15.7 Å². The molecule has 0 saturated carbocycles. The molecule has 0 radical (unpaired) electrons. The van der Waals surface area contributed by atoms with Crippen LogP contribution in [0.1, 0.15) is 12.6 Å². The zero-order chi connectivity index (χ0) is 13.3. The van der Waals surface area contributed by atoms with Crippen LogP contribution in [0.2, 0.25) is 10.2 Å². The first kappa shape index (κ1) is 14.0. The molecule has 0 spiro atoms. The van der Waals surface area contributed by atoms with Crippen LogP contribution in [0.5, 0.6) is 0 Å². The van der Waals surface area contributed by atoms with E-state index in [9.17, 15) is 4.39 Å². The Hall–Kier alpha value is -0.460. The summed E-state index contributed by atoms with van der Waals surface area (Å²) in [6.07, 6.45) is 0.752. The molecule has 1 aromatic heterocycles. The molecule has 0 aliphatic rings. The van der Waals surface area contributed by atoms with Crippen molar-refractivity contribution in [2.75, 3.05) is 0 Å². The van der Waals surface area contributed by atoms with Crippen LogP contribution in [0.4, 0.5) is 4.39 Å². The van der Waals surface area contributed by atoms with Gasteiger partial charge in [-0.3, -0.25) is 0 Å². The lowest BCUT2D eigenvalue weighted by Gasteiger charge is -2.07. The molecule has 0 atom stereocenters. The molecule has 0 N–H and O–H groups in total. The van der Waals surface area contributed by atoms with Crippen molar-refractivity contribution >= 4 is 45.8 Å². The number of aromatic nitrogens is 2. The molecule has 0 aliphatic heterocycles. The highest BCUT2D eigenvalue weighted by Crippen LogP contribution is 2.26. The van der Waals surface area contributed by atoms with Crippen molar-refractivity contribution in [2.45, 2.75) is 13.3 Å². The van der Waals surface area contributed by atoms with Gasteiger partial charge < -0.3 is 0 Å². The summed E-state index contributed by atoms with van der Waals surface area (Å²) < 4.78 is 13.9. The van der Waals surface area contributed by atoms with E-state index in [2.05, 4.69) is 32.6 Å². The lowest BCUT2D eigenvalue weighted by Crippen LogP contribution is -1.99. The molecule has 2 aromatic rings. The highest BCUT2D eigenvalue weighted by Gasteiger charge is 2.12. The zero-order valence-electron chi connectivity index (χ0n) is 9.35. The van der Waals surface area contributed by atoms with E-state index in [1.165, 1.54) is 12.1 Å². The SMILES string of the molecule is CCc1nc(-c2ccc(F)c(Cl)c2)nc(Cl)c1I. The molecule has 2 rings (SSSR count). The van der Waals surface area contributed by atoms with Gasteiger partial charge in [0.25, 0.3) is 0 Å². The number of hydrogen-bond acceptors (Lipinski definition) is 2. The van der Waals surface area contributed by atoms with E-state index >= 15 is 0 Å². The zero-order valence-corrected chi connectivity index (χ0v) is 13.0. The van der Waals surface area contributed by atoms with Gasteiger partial charge in [0.05, 0.1) is 14.3 Å². The van der Waals surface area contributed by atoms with E-state index in [0.29, 0.717) is 16.5 Å². The van der Waals surface area contributed by atoms with Gasteiger partial charge in [-0.25, -0.2) is 14.4 Å². The van der Waals surface area contributed by atoms with Crippen molar-refractivity contribution < 1.29 is 4.39 Å². The average molecular weight is 397 g/mol. The van der Waals surface area contributed by atoms with Gasteiger partial charge in [-0.1, -0.05) is 30.1 Å². The van der Waals surface area contributed by atoms with Gasteiger partial charge in [-0.05, 0) is 47.2 Å². The summed E-state index contributed by atoms with van der Waals surface area (Å²) in [4.78, 5) is 8.60. The minimum Gasteiger partial charge on any atom is -0.232 e. The molecule has 0 fully saturated rings. The van der Waals surface area contributed by atoms with Gasteiger partial charge in [-0.2, -0.15) is 0 Å². The third-order valence-electron chi connectivity index (χ3n) is 2.39. The van der Waals surface area contributed by atoms with Crippen LogP contribution in [0.3, 0.4) is 0 Å². The number of aryl methyl sites for hydroxylation is 1. The Morgan fingerprint density at radius 1 is 1.28 bits per heavy atom. The molecule has 18 heavy (non-hydrogen) atoms. The monoisotopic (exact) mass is 396 g/mol. The van der Waals surface area contributed by atoms with Crippen LogP contribution in [0, 0.1) is 9.39 Å². The van der Waals surface area contributed by atoms with Crippen molar-refractivity contribution in [3.05, 3.63) is 43.5 Å². The van der Waals surface area contributed by atoms with Crippen molar-refractivity contribution in [3.8, 4) is 11.4 Å². The van der Waals surface area contributed by atoms with E-state index < -0.39 is 5.82 Å². The molecular formula is C12H8Cl2FIN2. The van der Waals surface area contributed by atoms with Gasteiger partial charge in [0.2, 0.25) is 0 Å². The minimum absolute atomic E-state index is 0.0452. The Bertz CT molecular complexity index is 605. The maximum atomic E-state index is 13.1. The number of halogens is 4. The highest BCUT2D eigenvalue weighted by molar-refractivity contribution is 14.1. The fraction of sp³-hybridized carbons (Fsp3) is 0.167. The lowest BCUT2D eigenvalue weighted by molar-refractivity contribution is 0.628. The molecule has 1 heterocycles. The fourth-order valence-corrected chi connectivity index (χ4v) is 2.45. The Labute approximate surface area is 128 Å². The van der Waals surface area contributed by atoms with Gasteiger partial charge in [-0.15, -0.1) is 0 Å². The second-order valence-corrected chi connectivity index (χ2v) is 5.43. The Morgan fingerprint density at radius 2 is 2.00 bits per heavy atom. The number of benzene rings is 1. The number of rotatable bonds is 2. The molecule has 0 unspecified atom stereocenters. The highest BCUT2D eigenvalue weighted by atomic mass is 127. The van der Waals surface area contributed by atoms with Gasteiger partial charge in [0.15, 0.2) is 5.82 Å². The van der Waals surface area contributed by atoms with E-state index in [1.807, 2.05) is 6.92 Å². The van der Waals surface area contributed by atoms with Crippen LogP contribution in [0.25, 0.3) is 11.4 Å². The number of nitrogens with zero attached hydrogens (tertiary/aromatic N) is 2. The second kappa shape index (κ2) is 5.67. The largest absolute Gasteiger partial charge is 0.232 e.